The summed E-state index contributed by atoms with van der Waals surface area (Å²) < 4.78 is 49.2. The number of nitrogens with two attached hydrogens (primary N) is 1. The molecule has 150 valence electrons. The van der Waals surface area contributed by atoms with Crippen LogP contribution in [0, 0.1) is 0 Å². The molecule has 2 aromatic carbocycles. The lowest BCUT2D eigenvalue weighted by molar-refractivity contribution is 0.116. The molecule has 0 atom stereocenters. The van der Waals surface area contributed by atoms with Crippen molar-refractivity contribution in [3.8, 4) is 22.7 Å². The third-order valence-electron chi connectivity index (χ3n) is 4.20. The van der Waals surface area contributed by atoms with Gasteiger partial charge in [0.25, 0.3) is 5.89 Å². The first kappa shape index (κ1) is 16.1. The van der Waals surface area contributed by atoms with E-state index >= 15 is 0 Å². The normalized spacial score (nSPS) is 13.0. The van der Waals surface area contributed by atoms with Gasteiger partial charge in [0.05, 0.1) is 25.7 Å². The first-order valence-corrected chi connectivity index (χ1v) is 9.44. The molecule has 0 spiro atoms. The molecule has 0 bridgehead atoms. The molecule has 0 radical (unpaired) electrons. The Hall–Kier alpha value is -3.73. The van der Waals surface area contributed by atoms with Crippen molar-refractivity contribution >= 4 is 26.7 Å². The van der Waals surface area contributed by atoms with Gasteiger partial charge in [-0.15, -0.1) is 15.3 Å². The number of anilines is 1. The highest BCUT2D eigenvalue weighted by Crippen LogP contribution is 2.28. The fourth-order valence-corrected chi connectivity index (χ4v) is 3.58. The number of nitrogen functional groups attached to an aromatic ring is 1. The largest absolute Gasteiger partial charge is 0.415 e. The number of nitrogens with zero attached hydrogens (tertiary/aromatic N) is 6. The van der Waals surface area contributed by atoms with Crippen molar-refractivity contribution < 1.29 is 15.9 Å². The number of alkyl halides is 2. The number of fused-ring (bicyclic) bond motifs is 1. The number of benzene rings is 2. The third-order valence-corrected chi connectivity index (χ3v) is 5.04. The van der Waals surface area contributed by atoms with Gasteiger partial charge in [-0.2, -0.15) is 8.78 Å². The van der Waals surface area contributed by atoms with E-state index in [1.165, 1.54) is 41.8 Å². The summed E-state index contributed by atoms with van der Waals surface area (Å²) in [5.74, 6) is -0.844. The average molecular weight is 427 g/mol. The molecule has 8 nitrogen and oxygen atoms in total. The Morgan fingerprint density at radius 1 is 1.10 bits per heavy atom. The van der Waals surface area contributed by atoms with Gasteiger partial charge in [0.2, 0.25) is 5.89 Å². The van der Waals surface area contributed by atoms with E-state index in [0.29, 0.717) is 16.4 Å². The van der Waals surface area contributed by atoms with Crippen molar-refractivity contribution in [1.29, 1.82) is 0 Å². The number of halogens is 2. The lowest BCUT2D eigenvalue weighted by Gasteiger charge is -2.02. The van der Waals surface area contributed by atoms with Gasteiger partial charge < -0.3 is 10.2 Å². The molecule has 0 unspecified atom stereocenters. The summed E-state index contributed by atoms with van der Waals surface area (Å²) in [6, 6.07) is 11.5. The summed E-state index contributed by atoms with van der Waals surface area (Å²) in [6.07, 6.45) is -1.35. The molecule has 0 amide bonds. The number of thiazole rings is 1. The molecule has 5 rings (SSSR count). The minimum Gasteiger partial charge on any atom is -0.415 e. The lowest BCUT2D eigenvalue weighted by atomic mass is 10.1. The second kappa shape index (κ2) is 7.26. The van der Waals surface area contributed by atoms with Crippen LogP contribution in [0.5, 0.6) is 0 Å². The van der Waals surface area contributed by atoms with Crippen LogP contribution in [-0.4, -0.2) is 30.2 Å². The summed E-state index contributed by atoms with van der Waals surface area (Å²) in [7, 11) is 0. The highest BCUT2D eigenvalue weighted by molar-refractivity contribution is 7.22. The van der Waals surface area contributed by atoms with Gasteiger partial charge in [-0.1, -0.05) is 34.7 Å². The zero-order chi connectivity index (χ0) is 22.5. The van der Waals surface area contributed by atoms with E-state index < -0.39 is 18.8 Å². The number of hydrogen-bond acceptors (Lipinski definition) is 8. The van der Waals surface area contributed by atoms with Crippen LogP contribution in [0.3, 0.4) is 0 Å². The molecule has 0 aliphatic carbocycles. The van der Waals surface area contributed by atoms with Crippen LogP contribution in [-0.2, 0) is 6.50 Å². The molecule has 0 aliphatic rings. The van der Waals surface area contributed by atoms with Crippen molar-refractivity contribution in [2.24, 2.45) is 0 Å². The van der Waals surface area contributed by atoms with Crippen LogP contribution in [0.1, 0.15) is 20.6 Å². The standard InChI is InChI=1S/C19H13F2N7OS/c20-16(21)18-26-25-17(29-18)11-3-1-10(2-4-11)8-28-9-14(24-27-28)12-5-6-13-15(7-12)30-19(22)23-13/h1-7,9,16H,8H2,(H2,22,23)/i8D2. The topological polar surface area (TPSA) is 109 Å². The lowest BCUT2D eigenvalue weighted by Crippen LogP contribution is -2.00. The Balaban J connectivity index is 1.42. The molecule has 30 heavy (non-hydrogen) atoms. The highest BCUT2D eigenvalue weighted by atomic mass is 32.1. The molecule has 2 N–H and O–H groups in total. The van der Waals surface area contributed by atoms with E-state index in [-0.39, 0.29) is 11.5 Å². The van der Waals surface area contributed by atoms with E-state index in [4.69, 9.17) is 12.9 Å². The van der Waals surface area contributed by atoms with Crippen molar-refractivity contribution in [2.75, 3.05) is 5.73 Å². The maximum atomic E-state index is 12.6. The van der Waals surface area contributed by atoms with Crippen molar-refractivity contribution in [3.05, 3.63) is 60.1 Å². The van der Waals surface area contributed by atoms with Crippen LogP contribution in [0.2, 0.25) is 0 Å². The smallest absolute Gasteiger partial charge is 0.314 e. The van der Waals surface area contributed by atoms with Crippen LogP contribution in [0.4, 0.5) is 13.9 Å². The number of hydrogen-bond donors (Lipinski definition) is 1. The monoisotopic (exact) mass is 427 g/mol. The zero-order valence-corrected chi connectivity index (χ0v) is 15.8. The molecular weight excluding hydrogens is 412 g/mol. The molecule has 3 heterocycles. The summed E-state index contributed by atoms with van der Waals surface area (Å²) in [4.78, 5) is 4.21. The van der Waals surface area contributed by atoms with Gasteiger partial charge in [-0.05, 0) is 29.8 Å². The second-order valence-electron chi connectivity index (χ2n) is 6.22. The van der Waals surface area contributed by atoms with Gasteiger partial charge in [-0.3, -0.25) is 0 Å². The van der Waals surface area contributed by atoms with Gasteiger partial charge in [0, 0.05) is 11.1 Å². The van der Waals surface area contributed by atoms with E-state index in [9.17, 15) is 8.78 Å². The van der Waals surface area contributed by atoms with E-state index in [2.05, 4.69) is 25.5 Å². The molecule has 0 saturated heterocycles. The molecule has 0 fully saturated rings. The van der Waals surface area contributed by atoms with E-state index in [1.54, 1.807) is 0 Å². The Morgan fingerprint density at radius 3 is 2.67 bits per heavy atom. The van der Waals surface area contributed by atoms with Crippen molar-refractivity contribution in [2.45, 2.75) is 12.9 Å². The maximum absolute atomic E-state index is 12.6. The molecule has 3 aromatic heterocycles. The fraction of sp³-hybridized carbons (Fsp3) is 0.105. The van der Waals surface area contributed by atoms with E-state index in [1.807, 2.05) is 18.2 Å². The Morgan fingerprint density at radius 2 is 1.90 bits per heavy atom. The predicted molar refractivity (Wildman–Crippen MR) is 107 cm³/mol. The SMILES string of the molecule is [2H]C([2H])(c1ccc(-c2nnc(C(F)F)o2)cc1)n1cc(-c2ccc3nc(N)sc3c2)nn1. The summed E-state index contributed by atoms with van der Waals surface area (Å²) >= 11 is 1.35. The summed E-state index contributed by atoms with van der Waals surface area (Å²) in [6.45, 7) is -2.02. The quantitative estimate of drug-likeness (QED) is 0.448. The van der Waals surface area contributed by atoms with Crippen LogP contribution >= 0.6 is 11.3 Å². The highest BCUT2D eigenvalue weighted by Gasteiger charge is 2.17. The minimum absolute atomic E-state index is 0.0745. The molecule has 0 aliphatic heterocycles. The zero-order valence-electron chi connectivity index (χ0n) is 17.0. The Labute approximate surface area is 174 Å². The molecular formula is C19H13F2N7OS. The summed E-state index contributed by atoms with van der Waals surface area (Å²) in [5, 5.41) is 15.4. The van der Waals surface area contributed by atoms with Crippen LogP contribution in [0.25, 0.3) is 32.9 Å². The number of aromatic nitrogens is 6. The van der Waals surface area contributed by atoms with Crippen molar-refractivity contribution in [3.63, 3.8) is 0 Å². The Kier molecular flexibility index (Phi) is 3.90. The van der Waals surface area contributed by atoms with Gasteiger partial charge >= 0.3 is 6.43 Å². The molecule has 11 heteroatoms. The first-order valence-electron chi connectivity index (χ1n) is 9.63. The van der Waals surface area contributed by atoms with Gasteiger partial charge in [-0.25, -0.2) is 9.67 Å². The predicted octanol–water partition coefficient (Wildman–Crippen LogP) is 4.17. The first-order chi connectivity index (χ1) is 15.3. The van der Waals surface area contributed by atoms with Crippen LogP contribution in [0.15, 0.2) is 53.1 Å². The van der Waals surface area contributed by atoms with Crippen molar-refractivity contribution in [1.82, 2.24) is 30.2 Å². The minimum atomic E-state index is -2.86. The second-order valence-corrected chi connectivity index (χ2v) is 7.28. The van der Waals surface area contributed by atoms with Crippen LogP contribution < -0.4 is 5.73 Å². The molecule has 0 saturated carbocycles. The molecule has 5 aromatic rings. The fourth-order valence-electron chi connectivity index (χ4n) is 2.81. The summed E-state index contributed by atoms with van der Waals surface area (Å²) in [5.41, 5.74) is 8.43. The average Bonchev–Trinajstić information content (AvgIpc) is 3.51. The maximum Gasteiger partial charge on any atom is 0.314 e. The van der Waals surface area contributed by atoms with E-state index in [0.717, 1.165) is 20.5 Å². The van der Waals surface area contributed by atoms with Gasteiger partial charge in [0.1, 0.15) is 5.69 Å². The van der Waals surface area contributed by atoms with Gasteiger partial charge in [0.15, 0.2) is 5.13 Å². The Bertz CT molecular complexity index is 1410. The number of rotatable bonds is 5. The third kappa shape index (κ3) is 3.50.